The van der Waals surface area contributed by atoms with Crippen molar-refractivity contribution in [1.29, 1.82) is 0 Å². The van der Waals surface area contributed by atoms with Gasteiger partial charge in [-0.05, 0) is 50.3 Å². The lowest BCUT2D eigenvalue weighted by molar-refractivity contribution is -0.119. The highest BCUT2D eigenvalue weighted by Crippen LogP contribution is 2.41. The highest BCUT2D eigenvalue weighted by atomic mass is 32.2. The van der Waals surface area contributed by atoms with Crippen LogP contribution in [0.5, 0.6) is 0 Å². The fourth-order valence-electron chi connectivity index (χ4n) is 3.99. The molecule has 1 aliphatic rings. The molecule has 2 N–H and O–H groups in total. The summed E-state index contributed by atoms with van der Waals surface area (Å²) in [5.41, 5.74) is 2.47. The van der Waals surface area contributed by atoms with Crippen LogP contribution in [-0.4, -0.2) is 32.2 Å². The van der Waals surface area contributed by atoms with Crippen LogP contribution in [0.4, 0.5) is 5.69 Å². The highest BCUT2D eigenvalue weighted by molar-refractivity contribution is 8.01. The lowest BCUT2D eigenvalue weighted by Gasteiger charge is -2.19. The molecule has 1 fully saturated rings. The van der Waals surface area contributed by atoms with Crippen LogP contribution >= 0.6 is 11.8 Å². The van der Waals surface area contributed by atoms with Crippen molar-refractivity contribution in [2.75, 3.05) is 11.1 Å². The van der Waals surface area contributed by atoms with E-state index in [4.69, 9.17) is 0 Å². The van der Waals surface area contributed by atoms with Crippen LogP contribution in [0.1, 0.15) is 37.1 Å². The summed E-state index contributed by atoms with van der Waals surface area (Å²) in [7, 11) is 1.78. The monoisotopic (exact) mass is 478 g/mol. The van der Waals surface area contributed by atoms with Gasteiger partial charge in [0.1, 0.15) is 5.69 Å². The van der Waals surface area contributed by atoms with Gasteiger partial charge < -0.3 is 10.6 Å². The molecule has 0 aliphatic heterocycles. The van der Waals surface area contributed by atoms with Crippen LogP contribution in [-0.2, 0) is 16.6 Å². The van der Waals surface area contributed by atoms with Gasteiger partial charge >= 0.3 is 0 Å². The summed E-state index contributed by atoms with van der Waals surface area (Å²) < 4.78 is 3.25. The van der Waals surface area contributed by atoms with Crippen molar-refractivity contribution in [2.45, 2.75) is 38.0 Å². The summed E-state index contributed by atoms with van der Waals surface area (Å²) in [6.07, 6.45) is 2.23. The van der Waals surface area contributed by atoms with Crippen LogP contribution in [0.2, 0.25) is 0 Å². The maximum atomic E-state index is 13.0. The number of rotatable bonds is 9. The van der Waals surface area contributed by atoms with E-state index >= 15 is 0 Å². The quantitative estimate of drug-likeness (QED) is 0.490. The topological polar surface area (TPSA) is 85.1 Å². The fraction of sp³-hybridized carbons (Fsp3) is 0.346. The van der Waals surface area contributed by atoms with Crippen LogP contribution in [0.15, 0.2) is 65.5 Å². The number of anilines is 1. The lowest BCUT2D eigenvalue weighted by atomic mass is 10.0. The van der Waals surface area contributed by atoms with E-state index < -0.39 is 5.25 Å². The van der Waals surface area contributed by atoms with E-state index in [1.165, 1.54) is 16.4 Å². The minimum Gasteiger partial charge on any atom is -0.348 e. The Hall–Kier alpha value is -3.26. The molecule has 3 aromatic rings. The van der Waals surface area contributed by atoms with Crippen molar-refractivity contribution in [1.82, 2.24) is 14.7 Å². The van der Waals surface area contributed by atoms with E-state index in [1.54, 1.807) is 25.6 Å². The maximum absolute atomic E-state index is 13.0. The summed E-state index contributed by atoms with van der Waals surface area (Å²) in [5, 5.41) is 5.43. The number of hydrogen-bond acceptors (Lipinski definition) is 4. The molecule has 2 unspecified atom stereocenters. The molecule has 8 heteroatoms. The predicted molar refractivity (Wildman–Crippen MR) is 136 cm³/mol. The number of nitrogens with zero attached hydrogens (tertiary/aromatic N) is 2. The Balaban J connectivity index is 1.36. The standard InChI is InChI=1S/C26H30N4O3S/c1-17-23(26(33)30(29(17)3)21-12-8-5-9-13-21)28-25(32)18(2)34-16-22(31)27-24(20-14-15-20)19-10-6-4-7-11-19/h4-13,18,20,24H,14-16H2,1-3H3,(H,27,31)(H,28,32). The first kappa shape index (κ1) is 23.9. The molecule has 1 saturated carbocycles. The largest absolute Gasteiger partial charge is 0.348 e. The number of para-hydroxylation sites is 1. The molecule has 2 aromatic carbocycles. The van der Waals surface area contributed by atoms with Crippen molar-refractivity contribution in [3.8, 4) is 5.69 Å². The molecule has 2 amide bonds. The number of thioether (sulfide) groups is 1. The van der Waals surface area contributed by atoms with Crippen molar-refractivity contribution in [3.63, 3.8) is 0 Å². The second-order valence-electron chi connectivity index (χ2n) is 8.67. The number of benzene rings is 2. The van der Waals surface area contributed by atoms with Gasteiger partial charge in [-0.2, -0.15) is 0 Å². The minimum atomic E-state index is -0.494. The minimum absolute atomic E-state index is 0.0156. The first-order valence-corrected chi connectivity index (χ1v) is 12.5. The number of carbonyl (C=O) groups excluding carboxylic acids is 2. The van der Waals surface area contributed by atoms with Gasteiger partial charge in [0.05, 0.1) is 28.4 Å². The van der Waals surface area contributed by atoms with Gasteiger partial charge in [0.15, 0.2) is 0 Å². The summed E-state index contributed by atoms with van der Waals surface area (Å²) >= 11 is 1.26. The van der Waals surface area contributed by atoms with E-state index in [-0.39, 0.29) is 34.9 Å². The molecule has 4 rings (SSSR count). The molecular weight excluding hydrogens is 448 g/mol. The van der Waals surface area contributed by atoms with E-state index in [0.29, 0.717) is 11.6 Å². The lowest BCUT2D eigenvalue weighted by Crippen LogP contribution is -2.33. The zero-order valence-electron chi connectivity index (χ0n) is 19.7. The van der Waals surface area contributed by atoms with Crippen LogP contribution in [0, 0.1) is 12.8 Å². The first-order valence-electron chi connectivity index (χ1n) is 11.5. The second-order valence-corrected chi connectivity index (χ2v) is 10.0. The molecule has 1 aliphatic carbocycles. The smallest absolute Gasteiger partial charge is 0.295 e. The van der Waals surface area contributed by atoms with Crippen molar-refractivity contribution in [3.05, 3.63) is 82.3 Å². The van der Waals surface area contributed by atoms with Crippen LogP contribution in [0.25, 0.3) is 5.69 Å². The molecule has 1 aromatic heterocycles. The Morgan fingerprint density at radius 3 is 2.29 bits per heavy atom. The fourth-order valence-corrected chi connectivity index (χ4v) is 4.69. The average Bonchev–Trinajstić information content (AvgIpc) is 3.67. The highest BCUT2D eigenvalue weighted by Gasteiger charge is 2.33. The van der Waals surface area contributed by atoms with Gasteiger partial charge in [-0.3, -0.25) is 19.1 Å². The van der Waals surface area contributed by atoms with E-state index in [2.05, 4.69) is 10.6 Å². The molecule has 0 saturated heterocycles. The predicted octanol–water partition coefficient (Wildman–Crippen LogP) is 3.81. The van der Waals surface area contributed by atoms with Crippen molar-refractivity contribution < 1.29 is 9.59 Å². The first-order chi connectivity index (χ1) is 16.4. The number of hydrogen-bond donors (Lipinski definition) is 2. The SMILES string of the molecule is Cc1c(NC(=O)C(C)SCC(=O)NC(c2ccccc2)C2CC2)c(=O)n(-c2ccccc2)n1C. The zero-order valence-corrected chi connectivity index (χ0v) is 20.5. The van der Waals surface area contributed by atoms with Crippen LogP contribution < -0.4 is 16.2 Å². The Kier molecular flexibility index (Phi) is 7.26. The molecule has 178 valence electrons. The van der Waals surface area contributed by atoms with Crippen molar-refractivity contribution in [2.24, 2.45) is 13.0 Å². The van der Waals surface area contributed by atoms with E-state index in [0.717, 1.165) is 24.1 Å². The number of nitrogens with one attached hydrogen (secondary N) is 2. The zero-order chi connectivity index (χ0) is 24.2. The normalized spacial score (nSPS) is 14.9. The van der Waals surface area contributed by atoms with E-state index in [1.807, 2.05) is 60.7 Å². The third kappa shape index (κ3) is 5.28. The van der Waals surface area contributed by atoms with Gasteiger partial charge in [-0.15, -0.1) is 11.8 Å². The summed E-state index contributed by atoms with van der Waals surface area (Å²) in [6, 6.07) is 19.3. The Morgan fingerprint density at radius 2 is 1.68 bits per heavy atom. The molecule has 0 spiro atoms. The average molecular weight is 479 g/mol. The summed E-state index contributed by atoms with van der Waals surface area (Å²) in [4.78, 5) is 38.5. The molecule has 7 nitrogen and oxygen atoms in total. The Bertz CT molecular complexity index is 1220. The molecule has 2 atom stereocenters. The number of aromatic nitrogens is 2. The third-order valence-electron chi connectivity index (χ3n) is 6.20. The van der Waals surface area contributed by atoms with E-state index in [9.17, 15) is 14.4 Å². The summed E-state index contributed by atoms with van der Waals surface area (Å²) in [5.74, 6) is 0.260. The van der Waals surface area contributed by atoms with Gasteiger partial charge in [-0.1, -0.05) is 48.5 Å². The molecular formula is C26H30N4O3S. The van der Waals surface area contributed by atoms with Gasteiger partial charge in [-0.25, -0.2) is 4.68 Å². The molecule has 34 heavy (non-hydrogen) atoms. The molecule has 0 radical (unpaired) electrons. The number of carbonyl (C=O) groups is 2. The maximum Gasteiger partial charge on any atom is 0.295 e. The molecule has 0 bridgehead atoms. The second kappa shape index (κ2) is 10.3. The molecule has 1 heterocycles. The number of amides is 2. The van der Waals surface area contributed by atoms with Crippen LogP contribution in [0.3, 0.4) is 0 Å². The van der Waals surface area contributed by atoms with Gasteiger partial charge in [0.2, 0.25) is 11.8 Å². The van der Waals surface area contributed by atoms with Gasteiger partial charge in [0.25, 0.3) is 5.56 Å². The third-order valence-corrected chi connectivity index (χ3v) is 7.35. The summed E-state index contributed by atoms with van der Waals surface area (Å²) in [6.45, 7) is 3.54. The Labute approximate surface area is 203 Å². The van der Waals surface area contributed by atoms with Crippen molar-refractivity contribution >= 4 is 29.3 Å². The van der Waals surface area contributed by atoms with Gasteiger partial charge in [0, 0.05) is 7.05 Å². The Morgan fingerprint density at radius 1 is 1.06 bits per heavy atom.